The third-order valence-electron chi connectivity index (χ3n) is 4.84. The molecule has 1 saturated carbocycles. The van der Waals surface area contributed by atoms with Gasteiger partial charge in [0.05, 0.1) is 12.2 Å². The second-order valence-electron chi connectivity index (χ2n) is 6.22. The molecule has 0 amide bonds. The molecular formula is C15H27NO2S. The lowest BCUT2D eigenvalue weighted by Crippen LogP contribution is -2.51. The molecule has 19 heavy (non-hydrogen) atoms. The van der Waals surface area contributed by atoms with Crippen LogP contribution < -0.4 is 5.32 Å². The summed E-state index contributed by atoms with van der Waals surface area (Å²) in [6, 6.07) is 1.37. The van der Waals surface area contributed by atoms with Gasteiger partial charge in [-0.05, 0) is 31.4 Å². The molecule has 3 aliphatic rings. The number of thioether (sulfide) groups is 1. The highest BCUT2D eigenvalue weighted by Crippen LogP contribution is 2.35. The molecule has 0 bridgehead atoms. The van der Waals surface area contributed by atoms with Crippen LogP contribution in [0.25, 0.3) is 0 Å². The lowest BCUT2D eigenvalue weighted by molar-refractivity contribution is -0.0902. The van der Waals surface area contributed by atoms with E-state index in [9.17, 15) is 0 Å². The van der Waals surface area contributed by atoms with Crippen LogP contribution in [-0.2, 0) is 9.47 Å². The van der Waals surface area contributed by atoms with E-state index in [1.54, 1.807) is 0 Å². The van der Waals surface area contributed by atoms with Gasteiger partial charge in [0.25, 0.3) is 0 Å². The topological polar surface area (TPSA) is 30.5 Å². The molecule has 110 valence electrons. The number of hydrogen-bond acceptors (Lipinski definition) is 4. The Hall–Kier alpha value is 0.230. The first-order chi connectivity index (χ1) is 9.31. The fraction of sp³-hybridized carbons (Fsp3) is 1.00. The molecule has 1 spiro atoms. The van der Waals surface area contributed by atoms with E-state index in [1.807, 2.05) is 0 Å². The Morgan fingerprint density at radius 3 is 3.00 bits per heavy atom. The molecule has 2 heterocycles. The molecule has 1 N–H and O–H groups in total. The van der Waals surface area contributed by atoms with Crippen molar-refractivity contribution >= 4 is 11.8 Å². The first-order valence-corrected chi connectivity index (χ1v) is 8.95. The van der Waals surface area contributed by atoms with Crippen LogP contribution in [0.1, 0.15) is 45.4 Å². The maximum atomic E-state index is 6.03. The average molecular weight is 285 g/mol. The van der Waals surface area contributed by atoms with Crippen molar-refractivity contribution in [3.63, 3.8) is 0 Å². The molecule has 4 atom stereocenters. The normalized spacial score (nSPS) is 43.1. The van der Waals surface area contributed by atoms with Gasteiger partial charge in [0.15, 0.2) is 0 Å². The van der Waals surface area contributed by atoms with Crippen molar-refractivity contribution in [1.29, 1.82) is 0 Å². The van der Waals surface area contributed by atoms with Gasteiger partial charge in [0.1, 0.15) is 0 Å². The Kier molecular flexibility index (Phi) is 4.73. The highest BCUT2D eigenvalue weighted by molar-refractivity contribution is 7.99. The number of nitrogens with one attached hydrogen (secondary N) is 1. The van der Waals surface area contributed by atoms with Gasteiger partial charge in [-0.1, -0.05) is 13.3 Å². The molecule has 3 nitrogen and oxygen atoms in total. The van der Waals surface area contributed by atoms with Crippen LogP contribution in [0.15, 0.2) is 0 Å². The Labute approximate surface area is 121 Å². The van der Waals surface area contributed by atoms with Gasteiger partial charge >= 0.3 is 0 Å². The summed E-state index contributed by atoms with van der Waals surface area (Å²) in [6.45, 7) is 4.87. The Bertz CT molecular complexity index is 294. The lowest BCUT2D eigenvalue weighted by atomic mass is 9.89. The first kappa shape index (κ1) is 14.2. The van der Waals surface area contributed by atoms with Gasteiger partial charge < -0.3 is 14.8 Å². The molecule has 4 heteroatoms. The molecule has 0 radical (unpaired) electrons. The van der Waals surface area contributed by atoms with Crippen LogP contribution in [0.4, 0.5) is 0 Å². The highest BCUT2D eigenvalue weighted by atomic mass is 32.2. The molecule has 2 saturated heterocycles. The van der Waals surface area contributed by atoms with E-state index in [0.717, 1.165) is 44.0 Å². The van der Waals surface area contributed by atoms with Crippen LogP contribution in [0.2, 0.25) is 0 Å². The van der Waals surface area contributed by atoms with Crippen molar-refractivity contribution in [2.24, 2.45) is 0 Å². The fourth-order valence-corrected chi connectivity index (χ4v) is 5.07. The maximum Gasteiger partial charge on any atom is 0.0951 e. The zero-order valence-electron chi connectivity index (χ0n) is 12.0. The van der Waals surface area contributed by atoms with E-state index in [1.165, 1.54) is 31.4 Å². The van der Waals surface area contributed by atoms with E-state index in [4.69, 9.17) is 9.47 Å². The van der Waals surface area contributed by atoms with Crippen LogP contribution >= 0.6 is 11.8 Å². The smallest absolute Gasteiger partial charge is 0.0951 e. The number of hydrogen-bond donors (Lipinski definition) is 1. The maximum absolute atomic E-state index is 6.03. The molecular weight excluding hydrogens is 258 g/mol. The minimum atomic E-state index is 0.0436. The fourth-order valence-electron chi connectivity index (χ4n) is 3.87. The second kappa shape index (κ2) is 6.33. The zero-order chi connectivity index (χ0) is 13.1. The first-order valence-electron chi connectivity index (χ1n) is 7.91. The summed E-state index contributed by atoms with van der Waals surface area (Å²) in [7, 11) is 0. The average Bonchev–Trinajstić information content (AvgIpc) is 3.01. The second-order valence-corrected chi connectivity index (χ2v) is 7.74. The van der Waals surface area contributed by atoms with Crippen molar-refractivity contribution in [3.8, 4) is 0 Å². The van der Waals surface area contributed by atoms with E-state index in [2.05, 4.69) is 24.0 Å². The Morgan fingerprint density at radius 1 is 1.26 bits per heavy atom. The van der Waals surface area contributed by atoms with Crippen molar-refractivity contribution in [1.82, 2.24) is 5.32 Å². The molecule has 2 aliphatic heterocycles. The summed E-state index contributed by atoms with van der Waals surface area (Å²) in [6.07, 6.45) is 7.55. The molecule has 0 aromatic heterocycles. The summed E-state index contributed by atoms with van der Waals surface area (Å²) in [5.74, 6) is 1.24. The van der Waals surface area contributed by atoms with Crippen LogP contribution in [-0.4, -0.2) is 48.5 Å². The van der Waals surface area contributed by atoms with E-state index in [0.29, 0.717) is 6.04 Å². The standard InChI is InChI=1S/C15H27NO2S/c1-2-19-14-5-3-4-13(14)16-12-6-8-18-15(10-12)7-9-17-11-15/h12-14,16H,2-11H2,1H3. The van der Waals surface area contributed by atoms with E-state index in [-0.39, 0.29) is 5.60 Å². The van der Waals surface area contributed by atoms with Gasteiger partial charge in [0, 0.05) is 37.0 Å². The van der Waals surface area contributed by atoms with E-state index < -0.39 is 0 Å². The lowest BCUT2D eigenvalue weighted by Gasteiger charge is -2.39. The van der Waals surface area contributed by atoms with Crippen molar-refractivity contribution in [2.75, 3.05) is 25.6 Å². The van der Waals surface area contributed by atoms with Crippen LogP contribution in [0.5, 0.6) is 0 Å². The van der Waals surface area contributed by atoms with Crippen LogP contribution in [0.3, 0.4) is 0 Å². The van der Waals surface area contributed by atoms with Gasteiger partial charge in [0.2, 0.25) is 0 Å². The molecule has 4 unspecified atom stereocenters. The molecule has 1 aliphatic carbocycles. The predicted octanol–water partition coefficient (Wildman–Crippen LogP) is 2.59. The minimum absolute atomic E-state index is 0.0436. The van der Waals surface area contributed by atoms with Gasteiger partial charge in [-0.25, -0.2) is 0 Å². The summed E-state index contributed by atoms with van der Waals surface area (Å²) < 4.78 is 11.6. The molecule has 3 fully saturated rings. The third-order valence-corrected chi connectivity index (χ3v) is 6.17. The Balaban J connectivity index is 1.54. The third kappa shape index (κ3) is 3.29. The van der Waals surface area contributed by atoms with Crippen molar-refractivity contribution in [2.45, 2.75) is 68.4 Å². The highest BCUT2D eigenvalue weighted by Gasteiger charge is 2.42. The van der Waals surface area contributed by atoms with Gasteiger partial charge in [-0.2, -0.15) is 11.8 Å². The summed E-state index contributed by atoms with van der Waals surface area (Å²) >= 11 is 2.14. The quantitative estimate of drug-likeness (QED) is 0.860. The largest absolute Gasteiger partial charge is 0.378 e. The predicted molar refractivity (Wildman–Crippen MR) is 79.8 cm³/mol. The van der Waals surface area contributed by atoms with Gasteiger partial charge in [-0.3, -0.25) is 0 Å². The van der Waals surface area contributed by atoms with Crippen LogP contribution in [0, 0.1) is 0 Å². The summed E-state index contributed by atoms with van der Waals surface area (Å²) in [5.41, 5.74) is 0.0436. The molecule has 0 aromatic carbocycles. The van der Waals surface area contributed by atoms with Crippen molar-refractivity contribution < 1.29 is 9.47 Å². The number of rotatable bonds is 4. The van der Waals surface area contributed by atoms with E-state index >= 15 is 0 Å². The summed E-state index contributed by atoms with van der Waals surface area (Å²) in [4.78, 5) is 0. The van der Waals surface area contributed by atoms with Crippen molar-refractivity contribution in [3.05, 3.63) is 0 Å². The van der Waals surface area contributed by atoms with Gasteiger partial charge in [-0.15, -0.1) is 0 Å². The number of ether oxygens (including phenoxy) is 2. The minimum Gasteiger partial charge on any atom is -0.378 e. The summed E-state index contributed by atoms with van der Waals surface area (Å²) in [5, 5.41) is 4.78. The zero-order valence-corrected chi connectivity index (χ0v) is 12.8. The SMILES string of the molecule is CCSC1CCCC1NC1CCOC2(CCOC2)C1. The Morgan fingerprint density at radius 2 is 2.21 bits per heavy atom. The molecule has 0 aromatic rings. The monoisotopic (exact) mass is 285 g/mol. The molecule has 3 rings (SSSR count).